The van der Waals surface area contributed by atoms with Crippen LogP contribution in [-0.2, 0) is 14.1 Å². The maximum atomic E-state index is 12.7. The minimum absolute atomic E-state index is 0.360. The number of aryl methyl sites for hydroxylation is 3. The quantitative estimate of drug-likeness (QED) is 0.732. The molecule has 6 nitrogen and oxygen atoms in total. The van der Waals surface area contributed by atoms with Crippen LogP contribution in [0.2, 0.25) is 0 Å². The number of anilines is 2. The Labute approximate surface area is 146 Å². The van der Waals surface area contributed by atoms with E-state index in [-0.39, 0.29) is 5.56 Å². The highest BCUT2D eigenvalue weighted by Crippen LogP contribution is 2.28. The van der Waals surface area contributed by atoms with Gasteiger partial charge in [-0.2, -0.15) is 0 Å². The predicted molar refractivity (Wildman–Crippen MR) is 99.1 cm³/mol. The summed E-state index contributed by atoms with van der Waals surface area (Å²) >= 11 is 3.45. The summed E-state index contributed by atoms with van der Waals surface area (Å²) in [5, 5.41) is 3.74. The zero-order valence-electron chi connectivity index (χ0n) is 13.8. The predicted octanol–water partition coefficient (Wildman–Crippen LogP) is 2.76. The van der Waals surface area contributed by atoms with Crippen molar-refractivity contribution >= 4 is 38.3 Å². The Morgan fingerprint density at radius 1 is 1.08 bits per heavy atom. The van der Waals surface area contributed by atoms with Crippen LogP contribution >= 0.6 is 15.9 Å². The van der Waals surface area contributed by atoms with Crippen LogP contribution in [0.1, 0.15) is 11.1 Å². The fourth-order valence-electron chi connectivity index (χ4n) is 2.69. The molecule has 2 aromatic heterocycles. The molecule has 0 unspecified atom stereocenters. The molecule has 0 saturated heterocycles. The van der Waals surface area contributed by atoms with E-state index in [4.69, 9.17) is 0 Å². The van der Waals surface area contributed by atoms with Gasteiger partial charge in [0.15, 0.2) is 5.65 Å². The molecule has 1 aromatic carbocycles. The van der Waals surface area contributed by atoms with Gasteiger partial charge in [-0.05, 0) is 43.2 Å². The Hall–Kier alpha value is -2.41. The van der Waals surface area contributed by atoms with Gasteiger partial charge in [-0.3, -0.25) is 13.9 Å². The zero-order chi connectivity index (χ0) is 17.6. The summed E-state index contributed by atoms with van der Waals surface area (Å²) < 4.78 is 3.47. The molecule has 3 aromatic rings. The van der Waals surface area contributed by atoms with E-state index in [1.54, 1.807) is 13.2 Å². The minimum Gasteiger partial charge on any atom is -0.354 e. The summed E-state index contributed by atoms with van der Waals surface area (Å²) in [5.41, 5.74) is 3.05. The van der Waals surface area contributed by atoms with Crippen molar-refractivity contribution in [2.24, 2.45) is 14.1 Å². The first-order valence-corrected chi connectivity index (χ1v) is 8.19. The van der Waals surface area contributed by atoms with E-state index in [1.807, 2.05) is 32.0 Å². The number of hydrogen-bond acceptors (Lipinski definition) is 4. The Morgan fingerprint density at radius 2 is 1.79 bits per heavy atom. The van der Waals surface area contributed by atoms with E-state index >= 15 is 0 Å². The van der Waals surface area contributed by atoms with Crippen molar-refractivity contribution in [1.29, 1.82) is 0 Å². The molecular weight excluding hydrogens is 372 g/mol. The van der Waals surface area contributed by atoms with E-state index < -0.39 is 5.69 Å². The Morgan fingerprint density at radius 3 is 2.46 bits per heavy atom. The molecule has 2 heterocycles. The first kappa shape index (κ1) is 16.4. The largest absolute Gasteiger partial charge is 0.354 e. The number of nitrogens with one attached hydrogen (secondary N) is 1. The summed E-state index contributed by atoms with van der Waals surface area (Å²) in [6, 6.07) is 5.87. The van der Waals surface area contributed by atoms with E-state index in [9.17, 15) is 9.59 Å². The van der Waals surface area contributed by atoms with Crippen molar-refractivity contribution < 1.29 is 0 Å². The fraction of sp³-hybridized carbons (Fsp3) is 0.235. The number of benzene rings is 1. The molecule has 0 atom stereocenters. The Bertz CT molecular complexity index is 1080. The lowest BCUT2D eigenvalue weighted by Gasteiger charge is -2.16. The molecule has 0 radical (unpaired) electrons. The molecule has 0 saturated carbocycles. The summed E-state index contributed by atoms with van der Waals surface area (Å²) in [6.07, 6.45) is 1.66. The smallest absolute Gasteiger partial charge is 0.332 e. The highest BCUT2D eigenvalue weighted by Gasteiger charge is 2.16. The van der Waals surface area contributed by atoms with Crippen molar-refractivity contribution in [3.8, 4) is 0 Å². The van der Waals surface area contributed by atoms with E-state index in [0.29, 0.717) is 16.7 Å². The number of pyridine rings is 1. The molecule has 0 bridgehead atoms. The van der Waals surface area contributed by atoms with Gasteiger partial charge in [0, 0.05) is 30.5 Å². The third kappa shape index (κ3) is 2.54. The molecular formula is C17H17BrN4O2. The summed E-state index contributed by atoms with van der Waals surface area (Å²) in [6.45, 7) is 3.87. The minimum atomic E-state index is -0.394. The van der Waals surface area contributed by atoms with Crippen LogP contribution in [-0.4, -0.2) is 14.1 Å². The second kappa shape index (κ2) is 5.90. The van der Waals surface area contributed by atoms with E-state index in [1.165, 1.54) is 11.6 Å². The summed E-state index contributed by atoms with van der Waals surface area (Å²) in [7, 11) is 3.09. The molecule has 0 amide bonds. The van der Waals surface area contributed by atoms with Gasteiger partial charge in [-0.15, -0.1) is 0 Å². The monoisotopic (exact) mass is 388 g/mol. The molecule has 0 spiro atoms. The standard InChI is InChI=1S/C17H17BrN4O2/c1-9-7-11(18)5-6-12(9)20-14-10(2)8-19-15-13(14)16(23)22(4)17(24)21(15)3/h5-8H,1-4H3,(H,19,20). The van der Waals surface area contributed by atoms with Crippen molar-refractivity contribution in [3.63, 3.8) is 0 Å². The van der Waals surface area contributed by atoms with E-state index in [2.05, 4.69) is 26.2 Å². The maximum Gasteiger partial charge on any atom is 0.332 e. The van der Waals surface area contributed by atoms with Crippen LogP contribution in [0.4, 0.5) is 11.4 Å². The fourth-order valence-corrected chi connectivity index (χ4v) is 3.16. The summed E-state index contributed by atoms with van der Waals surface area (Å²) in [5.74, 6) is 0. The Balaban J connectivity index is 2.34. The highest BCUT2D eigenvalue weighted by molar-refractivity contribution is 9.10. The van der Waals surface area contributed by atoms with Gasteiger partial charge in [0.25, 0.3) is 5.56 Å². The number of aromatic nitrogens is 3. The SMILES string of the molecule is Cc1cc(Br)ccc1Nc1c(C)cnc2c1c(=O)n(C)c(=O)n2C. The van der Waals surface area contributed by atoms with Crippen LogP contribution < -0.4 is 16.6 Å². The number of rotatable bonds is 2. The molecule has 0 aliphatic rings. The average Bonchev–Trinajstić information content (AvgIpc) is 2.54. The topological polar surface area (TPSA) is 68.9 Å². The van der Waals surface area contributed by atoms with Crippen LogP contribution in [0.15, 0.2) is 38.5 Å². The molecule has 7 heteroatoms. The molecule has 0 aliphatic carbocycles. The molecule has 0 fully saturated rings. The summed E-state index contributed by atoms with van der Waals surface area (Å²) in [4.78, 5) is 29.1. The zero-order valence-corrected chi connectivity index (χ0v) is 15.4. The first-order chi connectivity index (χ1) is 11.3. The van der Waals surface area contributed by atoms with Gasteiger partial charge in [-0.25, -0.2) is 9.78 Å². The molecule has 0 aliphatic heterocycles. The third-order valence-electron chi connectivity index (χ3n) is 4.11. The second-order valence-corrected chi connectivity index (χ2v) is 6.72. The van der Waals surface area contributed by atoms with Gasteiger partial charge < -0.3 is 5.32 Å². The number of fused-ring (bicyclic) bond motifs is 1. The van der Waals surface area contributed by atoms with Crippen molar-refractivity contribution in [2.75, 3.05) is 5.32 Å². The number of hydrogen-bond donors (Lipinski definition) is 1. The van der Waals surface area contributed by atoms with Crippen LogP contribution in [0, 0.1) is 13.8 Å². The maximum absolute atomic E-state index is 12.7. The van der Waals surface area contributed by atoms with Gasteiger partial charge in [0.1, 0.15) is 5.39 Å². The lowest BCUT2D eigenvalue weighted by atomic mass is 10.1. The number of halogens is 1. The van der Waals surface area contributed by atoms with Crippen LogP contribution in [0.3, 0.4) is 0 Å². The third-order valence-corrected chi connectivity index (χ3v) is 4.60. The lowest BCUT2D eigenvalue weighted by molar-refractivity contribution is 0.707. The van der Waals surface area contributed by atoms with Crippen LogP contribution in [0.25, 0.3) is 11.0 Å². The van der Waals surface area contributed by atoms with Gasteiger partial charge in [0.05, 0.1) is 5.69 Å². The number of nitrogens with zero attached hydrogens (tertiary/aromatic N) is 3. The lowest BCUT2D eigenvalue weighted by Crippen LogP contribution is -2.37. The van der Waals surface area contributed by atoms with Gasteiger partial charge in [0.2, 0.25) is 0 Å². The van der Waals surface area contributed by atoms with Crippen molar-refractivity contribution in [2.45, 2.75) is 13.8 Å². The van der Waals surface area contributed by atoms with Crippen molar-refractivity contribution in [3.05, 3.63) is 60.8 Å². The highest BCUT2D eigenvalue weighted by atomic mass is 79.9. The van der Waals surface area contributed by atoms with E-state index in [0.717, 1.165) is 25.9 Å². The first-order valence-electron chi connectivity index (χ1n) is 7.39. The molecule has 24 heavy (non-hydrogen) atoms. The van der Waals surface area contributed by atoms with Crippen LogP contribution in [0.5, 0.6) is 0 Å². The van der Waals surface area contributed by atoms with Crippen molar-refractivity contribution in [1.82, 2.24) is 14.1 Å². The second-order valence-electron chi connectivity index (χ2n) is 5.80. The molecule has 124 valence electrons. The normalized spacial score (nSPS) is 11.0. The molecule has 1 N–H and O–H groups in total. The van der Waals surface area contributed by atoms with Gasteiger partial charge >= 0.3 is 5.69 Å². The van der Waals surface area contributed by atoms with Gasteiger partial charge in [-0.1, -0.05) is 15.9 Å². The molecule has 3 rings (SSSR count). The Kier molecular flexibility index (Phi) is 4.04. The average molecular weight is 389 g/mol.